The van der Waals surface area contributed by atoms with E-state index in [0.29, 0.717) is 0 Å². The molecule has 26 heavy (non-hydrogen) atoms. The quantitative estimate of drug-likeness (QED) is 0.781. The lowest BCUT2D eigenvalue weighted by molar-refractivity contribution is -0.0208. The number of nitrogens with one attached hydrogen (secondary N) is 1. The molecule has 138 valence electrons. The van der Waals surface area contributed by atoms with Crippen molar-refractivity contribution >= 4 is 11.9 Å². The zero-order valence-corrected chi connectivity index (χ0v) is 14.8. The van der Waals surface area contributed by atoms with Gasteiger partial charge in [-0.25, -0.2) is 4.79 Å². The number of halogens is 2. The average molecular weight is 361 g/mol. The van der Waals surface area contributed by atoms with Gasteiger partial charge in [0.2, 0.25) is 5.78 Å². The standard InChI is InChI=1S/C20H21F2NO3/c1-19(2,3)26-18(25)23-16(14-10-6-4-7-11-14)20(21,22)17(24)15-12-8-5-9-13-15/h4-13,16H,1-3H3,(H,23,25). The van der Waals surface area contributed by atoms with Crippen LogP contribution in [0.3, 0.4) is 0 Å². The first kappa shape index (κ1) is 19.6. The van der Waals surface area contributed by atoms with Crippen LogP contribution in [0.15, 0.2) is 60.7 Å². The molecule has 0 aliphatic rings. The molecule has 1 amide bonds. The fourth-order valence-corrected chi connectivity index (χ4v) is 2.37. The lowest BCUT2D eigenvalue weighted by atomic mass is 9.94. The van der Waals surface area contributed by atoms with Gasteiger partial charge < -0.3 is 10.1 Å². The maximum atomic E-state index is 15.0. The summed E-state index contributed by atoms with van der Waals surface area (Å²) < 4.78 is 35.1. The molecule has 0 heterocycles. The van der Waals surface area contributed by atoms with Crippen LogP contribution in [0.1, 0.15) is 42.7 Å². The monoisotopic (exact) mass is 361 g/mol. The minimum atomic E-state index is -3.86. The normalized spacial score (nSPS) is 13.0. The third-order valence-corrected chi connectivity index (χ3v) is 3.50. The molecule has 1 atom stereocenters. The number of hydrogen-bond donors (Lipinski definition) is 1. The number of amides is 1. The van der Waals surface area contributed by atoms with Crippen molar-refractivity contribution in [3.05, 3.63) is 71.8 Å². The molecule has 0 bridgehead atoms. The molecule has 1 N–H and O–H groups in total. The maximum Gasteiger partial charge on any atom is 0.408 e. The van der Waals surface area contributed by atoms with Crippen LogP contribution in [0.5, 0.6) is 0 Å². The Kier molecular flexibility index (Phi) is 5.75. The average Bonchev–Trinajstić information content (AvgIpc) is 2.59. The topological polar surface area (TPSA) is 55.4 Å². The molecule has 0 saturated heterocycles. The molecule has 2 rings (SSSR count). The van der Waals surface area contributed by atoms with Crippen molar-refractivity contribution in [2.24, 2.45) is 0 Å². The number of benzene rings is 2. The van der Waals surface area contributed by atoms with E-state index in [1.807, 2.05) is 0 Å². The van der Waals surface area contributed by atoms with E-state index in [1.165, 1.54) is 36.4 Å². The number of Topliss-reactive ketones (excluding diaryl/α,β-unsaturated/α-hetero) is 1. The maximum absolute atomic E-state index is 15.0. The highest BCUT2D eigenvalue weighted by Crippen LogP contribution is 2.34. The van der Waals surface area contributed by atoms with Crippen molar-refractivity contribution in [3.8, 4) is 0 Å². The highest BCUT2D eigenvalue weighted by atomic mass is 19.3. The highest BCUT2D eigenvalue weighted by molar-refractivity contribution is 6.02. The minimum absolute atomic E-state index is 0.104. The fourth-order valence-electron chi connectivity index (χ4n) is 2.37. The Labute approximate surface area is 151 Å². The summed E-state index contributed by atoms with van der Waals surface area (Å²) in [6.07, 6.45) is -1.02. The molecule has 0 aliphatic carbocycles. The second-order valence-electron chi connectivity index (χ2n) is 6.81. The molecule has 0 spiro atoms. The summed E-state index contributed by atoms with van der Waals surface area (Å²) in [6, 6.07) is 13.0. The summed E-state index contributed by atoms with van der Waals surface area (Å²) in [5, 5.41) is 2.15. The fraction of sp³-hybridized carbons (Fsp3) is 0.300. The first-order valence-electron chi connectivity index (χ1n) is 8.13. The Morgan fingerprint density at radius 3 is 1.92 bits per heavy atom. The molecule has 0 aromatic heterocycles. The number of ketones is 1. The van der Waals surface area contributed by atoms with Crippen LogP contribution in [0, 0.1) is 0 Å². The number of ether oxygens (including phenoxy) is 1. The van der Waals surface area contributed by atoms with E-state index in [-0.39, 0.29) is 11.1 Å². The third-order valence-electron chi connectivity index (χ3n) is 3.50. The minimum Gasteiger partial charge on any atom is -0.444 e. The second-order valence-corrected chi connectivity index (χ2v) is 6.81. The molecule has 2 aromatic carbocycles. The van der Waals surface area contributed by atoms with Crippen LogP contribution in [-0.2, 0) is 4.74 Å². The van der Waals surface area contributed by atoms with Gasteiger partial charge in [-0.15, -0.1) is 0 Å². The lowest BCUT2D eigenvalue weighted by Crippen LogP contribution is -2.47. The van der Waals surface area contributed by atoms with Crippen molar-refractivity contribution in [2.45, 2.75) is 38.3 Å². The van der Waals surface area contributed by atoms with Crippen molar-refractivity contribution < 1.29 is 23.1 Å². The Morgan fingerprint density at radius 2 is 1.42 bits per heavy atom. The smallest absolute Gasteiger partial charge is 0.408 e. The van der Waals surface area contributed by atoms with Gasteiger partial charge in [-0.1, -0.05) is 60.7 Å². The summed E-state index contributed by atoms with van der Waals surface area (Å²) in [4.78, 5) is 24.5. The number of hydrogen-bond acceptors (Lipinski definition) is 3. The first-order chi connectivity index (χ1) is 12.1. The van der Waals surface area contributed by atoms with E-state index in [2.05, 4.69) is 5.32 Å². The van der Waals surface area contributed by atoms with Gasteiger partial charge in [-0.05, 0) is 26.3 Å². The second kappa shape index (κ2) is 7.64. The number of rotatable bonds is 5. The molecule has 2 aromatic rings. The van der Waals surface area contributed by atoms with Crippen molar-refractivity contribution in [1.82, 2.24) is 5.32 Å². The third kappa shape index (κ3) is 4.88. The lowest BCUT2D eigenvalue weighted by Gasteiger charge is -2.28. The zero-order valence-electron chi connectivity index (χ0n) is 14.8. The van der Waals surface area contributed by atoms with E-state index >= 15 is 8.78 Å². The number of alkyl halides is 2. The molecule has 0 fully saturated rings. The van der Waals surface area contributed by atoms with Crippen molar-refractivity contribution in [1.29, 1.82) is 0 Å². The van der Waals surface area contributed by atoms with E-state index in [0.717, 1.165) is 0 Å². The largest absolute Gasteiger partial charge is 0.444 e. The van der Waals surface area contributed by atoms with Gasteiger partial charge >= 0.3 is 12.0 Å². The Bertz CT molecular complexity index is 756. The van der Waals surface area contributed by atoms with Gasteiger partial charge in [-0.2, -0.15) is 8.78 Å². The SMILES string of the molecule is CC(C)(C)OC(=O)NC(c1ccccc1)C(F)(F)C(=O)c1ccccc1. The summed E-state index contributed by atoms with van der Waals surface area (Å²) in [5.74, 6) is -5.23. The van der Waals surface area contributed by atoms with Crippen molar-refractivity contribution in [2.75, 3.05) is 0 Å². The predicted molar refractivity (Wildman–Crippen MR) is 94.3 cm³/mol. The van der Waals surface area contributed by atoms with Gasteiger partial charge in [-0.3, -0.25) is 4.79 Å². The molecule has 4 nitrogen and oxygen atoms in total. The van der Waals surface area contributed by atoms with Crippen LogP contribution in [0.2, 0.25) is 0 Å². The summed E-state index contributed by atoms with van der Waals surface area (Å²) in [6.45, 7) is 4.87. The van der Waals surface area contributed by atoms with Gasteiger partial charge in [0, 0.05) is 5.56 Å². The Hall–Kier alpha value is -2.76. The van der Waals surface area contributed by atoms with E-state index in [9.17, 15) is 9.59 Å². The number of carbonyl (C=O) groups excluding carboxylic acids is 2. The van der Waals surface area contributed by atoms with E-state index < -0.39 is 29.4 Å². The number of carbonyl (C=O) groups is 2. The van der Waals surface area contributed by atoms with E-state index in [4.69, 9.17) is 4.74 Å². The van der Waals surface area contributed by atoms with Gasteiger partial charge in [0.1, 0.15) is 11.6 Å². The van der Waals surface area contributed by atoms with Gasteiger partial charge in [0.05, 0.1) is 0 Å². The van der Waals surface area contributed by atoms with Crippen LogP contribution in [-0.4, -0.2) is 23.4 Å². The Morgan fingerprint density at radius 1 is 0.923 bits per heavy atom. The summed E-state index contributed by atoms with van der Waals surface area (Å²) in [5.41, 5.74) is -0.888. The molecule has 0 aliphatic heterocycles. The number of alkyl carbamates (subject to hydrolysis) is 1. The summed E-state index contributed by atoms with van der Waals surface area (Å²) in [7, 11) is 0. The molecular formula is C20H21F2NO3. The van der Waals surface area contributed by atoms with Crippen LogP contribution < -0.4 is 5.32 Å². The van der Waals surface area contributed by atoms with Crippen LogP contribution in [0.4, 0.5) is 13.6 Å². The predicted octanol–water partition coefficient (Wildman–Crippen LogP) is 4.77. The summed E-state index contributed by atoms with van der Waals surface area (Å²) >= 11 is 0. The molecule has 6 heteroatoms. The molecule has 0 radical (unpaired) electrons. The van der Waals surface area contributed by atoms with Gasteiger partial charge in [0.25, 0.3) is 0 Å². The first-order valence-corrected chi connectivity index (χ1v) is 8.13. The van der Waals surface area contributed by atoms with Crippen LogP contribution in [0.25, 0.3) is 0 Å². The highest BCUT2D eigenvalue weighted by Gasteiger charge is 2.49. The molecule has 0 saturated carbocycles. The van der Waals surface area contributed by atoms with Crippen molar-refractivity contribution in [3.63, 3.8) is 0 Å². The van der Waals surface area contributed by atoms with E-state index in [1.54, 1.807) is 45.0 Å². The zero-order chi connectivity index (χ0) is 19.4. The van der Waals surface area contributed by atoms with Crippen LogP contribution >= 0.6 is 0 Å². The van der Waals surface area contributed by atoms with Gasteiger partial charge in [0.15, 0.2) is 0 Å². The molecule has 1 unspecified atom stereocenters. The molecular weight excluding hydrogens is 340 g/mol. The Balaban J connectivity index is 2.36.